The number of methoxy groups -OCH3 is 2. The monoisotopic (exact) mass is 140 g/mol. The van der Waals surface area contributed by atoms with E-state index in [9.17, 15) is 4.79 Å². The summed E-state index contributed by atoms with van der Waals surface area (Å²) >= 11 is 0. The molecule has 0 saturated carbocycles. The number of rotatable bonds is 2. The highest BCUT2D eigenvalue weighted by molar-refractivity contribution is 5.92. The Morgan fingerprint density at radius 1 is 1.60 bits per heavy atom. The van der Waals surface area contributed by atoms with Gasteiger partial charge in [-0.1, -0.05) is 5.92 Å². The molecule has 0 aliphatic rings. The molecule has 0 aromatic carbocycles. The molecule has 0 unspecified atom stereocenters. The van der Waals surface area contributed by atoms with Gasteiger partial charge in [0.1, 0.15) is 11.8 Å². The first kappa shape index (κ1) is 8.57. The molecule has 0 heterocycles. The van der Waals surface area contributed by atoms with Crippen molar-refractivity contribution in [2.24, 2.45) is 0 Å². The summed E-state index contributed by atoms with van der Waals surface area (Å²) in [4.78, 5) is 10.6. The van der Waals surface area contributed by atoms with E-state index in [0.29, 0.717) is 0 Å². The van der Waals surface area contributed by atoms with E-state index in [1.165, 1.54) is 14.2 Å². The zero-order valence-corrected chi connectivity index (χ0v) is 5.88. The summed E-state index contributed by atoms with van der Waals surface area (Å²) in [5, 5.41) is 0. The van der Waals surface area contributed by atoms with Crippen LogP contribution in [-0.2, 0) is 14.3 Å². The number of hydrogen-bond donors (Lipinski definition) is 0. The van der Waals surface area contributed by atoms with Gasteiger partial charge in [0.2, 0.25) is 0 Å². The van der Waals surface area contributed by atoms with E-state index in [-0.39, 0.29) is 5.57 Å². The van der Waals surface area contributed by atoms with Crippen molar-refractivity contribution in [3.05, 3.63) is 11.8 Å². The number of carbonyl (C=O) groups excluding carboxylic acids is 1. The lowest BCUT2D eigenvalue weighted by Gasteiger charge is -1.95. The molecule has 0 aliphatic carbocycles. The Kier molecular flexibility index (Phi) is 3.81. The standard InChI is InChI=1S/C7H8O3/c1-4-6(5-9-2)7(8)10-3/h1,5H,2-3H3/b6-5+. The average molecular weight is 140 g/mol. The third-order valence-corrected chi connectivity index (χ3v) is 0.797. The van der Waals surface area contributed by atoms with Crippen molar-refractivity contribution in [1.29, 1.82) is 0 Å². The van der Waals surface area contributed by atoms with Crippen LogP contribution in [0.1, 0.15) is 0 Å². The number of esters is 1. The van der Waals surface area contributed by atoms with Gasteiger partial charge in [0.25, 0.3) is 0 Å². The lowest BCUT2D eigenvalue weighted by molar-refractivity contribution is -0.135. The van der Waals surface area contributed by atoms with E-state index >= 15 is 0 Å². The zero-order valence-electron chi connectivity index (χ0n) is 5.88. The van der Waals surface area contributed by atoms with E-state index in [4.69, 9.17) is 6.42 Å². The number of carbonyl (C=O) groups is 1. The van der Waals surface area contributed by atoms with Crippen molar-refractivity contribution in [3.8, 4) is 12.3 Å². The maximum atomic E-state index is 10.6. The summed E-state index contributed by atoms with van der Waals surface area (Å²) in [5.74, 6) is 1.55. The molecular weight excluding hydrogens is 132 g/mol. The van der Waals surface area contributed by atoms with Gasteiger partial charge in [0, 0.05) is 0 Å². The SMILES string of the molecule is C#C/C(=C\OC)C(=O)OC. The Labute approximate surface area is 59.6 Å². The van der Waals surface area contributed by atoms with Crippen molar-refractivity contribution in [2.75, 3.05) is 14.2 Å². The Morgan fingerprint density at radius 3 is 2.50 bits per heavy atom. The minimum absolute atomic E-state index is 0.0741. The van der Waals surface area contributed by atoms with Crippen LogP contribution in [0, 0.1) is 12.3 Å². The summed E-state index contributed by atoms with van der Waals surface area (Å²) in [6.45, 7) is 0. The molecule has 0 spiro atoms. The maximum Gasteiger partial charge on any atom is 0.349 e. The van der Waals surface area contributed by atoms with Gasteiger partial charge >= 0.3 is 5.97 Å². The van der Waals surface area contributed by atoms with Gasteiger partial charge in [-0.25, -0.2) is 4.79 Å². The van der Waals surface area contributed by atoms with Gasteiger partial charge in [-0.15, -0.1) is 6.42 Å². The lowest BCUT2D eigenvalue weighted by atomic mass is 10.3. The summed E-state index contributed by atoms with van der Waals surface area (Å²) < 4.78 is 8.84. The van der Waals surface area contributed by atoms with Gasteiger partial charge < -0.3 is 9.47 Å². The van der Waals surface area contributed by atoms with Gasteiger partial charge in [-0.05, 0) is 0 Å². The first-order chi connectivity index (χ1) is 4.76. The van der Waals surface area contributed by atoms with Gasteiger partial charge in [0.05, 0.1) is 14.2 Å². The molecular formula is C7H8O3. The number of hydrogen-bond acceptors (Lipinski definition) is 3. The van der Waals surface area contributed by atoms with Gasteiger partial charge in [-0.2, -0.15) is 0 Å². The molecule has 3 nitrogen and oxygen atoms in total. The van der Waals surface area contributed by atoms with Crippen molar-refractivity contribution in [1.82, 2.24) is 0 Å². The van der Waals surface area contributed by atoms with Crippen LogP contribution in [0.15, 0.2) is 11.8 Å². The highest BCUT2D eigenvalue weighted by Gasteiger charge is 2.04. The first-order valence-electron chi connectivity index (χ1n) is 2.54. The zero-order chi connectivity index (χ0) is 7.98. The third kappa shape index (κ3) is 2.23. The average Bonchev–Trinajstić information content (AvgIpc) is 1.99. The van der Waals surface area contributed by atoms with E-state index in [2.05, 4.69) is 15.4 Å². The second kappa shape index (κ2) is 4.45. The van der Waals surface area contributed by atoms with Crippen molar-refractivity contribution >= 4 is 5.97 Å². The minimum atomic E-state index is -0.565. The molecule has 0 atom stereocenters. The summed E-state index contributed by atoms with van der Waals surface area (Å²) in [5.41, 5.74) is 0.0741. The van der Waals surface area contributed by atoms with Crippen LogP contribution in [-0.4, -0.2) is 20.2 Å². The molecule has 0 saturated heterocycles. The Morgan fingerprint density at radius 2 is 2.20 bits per heavy atom. The third-order valence-electron chi connectivity index (χ3n) is 0.797. The molecule has 0 amide bonds. The normalized spacial score (nSPS) is 9.90. The fourth-order valence-corrected chi connectivity index (χ4v) is 0.369. The molecule has 0 bridgehead atoms. The molecule has 0 N–H and O–H groups in total. The Hall–Kier alpha value is -1.43. The first-order valence-corrected chi connectivity index (χ1v) is 2.54. The summed E-state index contributed by atoms with van der Waals surface area (Å²) in [6, 6.07) is 0. The second-order valence-corrected chi connectivity index (χ2v) is 1.40. The quantitative estimate of drug-likeness (QED) is 0.240. The van der Waals surface area contributed by atoms with Crippen LogP contribution in [0.25, 0.3) is 0 Å². The predicted octanol–water partition coefficient (Wildman–Crippen LogP) is 0.323. The van der Waals surface area contributed by atoms with E-state index in [0.717, 1.165) is 6.26 Å². The number of ether oxygens (including phenoxy) is 2. The van der Waals surface area contributed by atoms with Crippen LogP contribution in [0.4, 0.5) is 0 Å². The molecule has 0 rings (SSSR count). The van der Waals surface area contributed by atoms with Crippen LogP contribution in [0.2, 0.25) is 0 Å². The Bertz CT molecular complexity index is 186. The van der Waals surface area contributed by atoms with Crippen molar-refractivity contribution in [2.45, 2.75) is 0 Å². The smallest absolute Gasteiger partial charge is 0.349 e. The van der Waals surface area contributed by atoms with Crippen LogP contribution < -0.4 is 0 Å². The topological polar surface area (TPSA) is 35.5 Å². The largest absolute Gasteiger partial charge is 0.503 e. The highest BCUT2D eigenvalue weighted by Crippen LogP contribution is 1.94. The lowest BCUT2D eigenvalue weighted by Crippen LogP contribution is -2.02. The van der Waals surface area contributed by atoms with E-state index < -0.39 is 5.97 Å². The van der Waals surface area contributed by atoms with Crippen molar-refractivity contribution < 1.29 is 14.3 Å². The minimum Gasteiger partial charge on any atom is -0.503 e. The summed E-state index contributed by atoms with van der Waals surface area (Å²) in [7, 11) is 2.66. The molecule has 3 heteroatoms. The maximum absolute atomic E-state index is 10.6. The molecule has 10 heavy (non-hydrogen) atoms. The molecule has 0 radical (unpaired) electrons. The van der Waals surface area contributed by atoms with E-state index in [1.807, 2.05) is 0 Å². The number of terminal acetylenes is 1. The van der Waals surface area contributed by atoms with Crippen molar-refractivity contribution in [3.63, 3.8) is 0 Å². The molecule has 0 aliphatic heterocycles. The summed E-state index contributed by atoms with van der Waals surface area (Å²) in [6.07, 6.45) is 6.09. The van der Waals surface area contributed by atoms with Crippen LogP contribution >= 0.6 is 0 Å². The molecule has 54 valence electrons. The second-order valence-electron chi connectivity index (χ2n) is 1.40. The Balaban J connectivity index is 4.25. The van der Waals surface area contributed by atoms with Gasteiger partial charge in [-0.3, -0.25) is 0 Å². The van der Waals surface area contributed by atoms with Crippen LogP contribution in [0.3, 0.4) is 0 Å². The fraction of sp³-hybridized carbons (Fsp3) is 0.286. The van der Waals surface area contributed by atoms with Crippen LogP contribution in [0.5, 0.6) is 0 Å². The molecule has 0 fully saturated rings. The van der Waals surface area contributed by atoms with Gasteiger partial charge in [0.15, 0.2) is 0 Å². The van der Waals surface area contributed by atoms with E-state index in [1.54, 1.807) is 0 Å². The predicted molar refractivity (Wildman–Crippen MR) is 35.9 cm³/mol. The fourth-order valence-electron chi connectivity index (χ4n) is 0.369. The highest BCUT2D eigenvalue weighted by atomic mass is 16.5. The molecule has 0 aromatic heterocycles. The molecule has 0 aromatic rings.